The molecule has 8 heteroatoms. The van der Waals surface area contributed by atoms with E-state index in [4.69, 9.17) is 9.15 Å². The molecule has 0 bridgehead atoms. The van der Waals surface area contributed by atoms with Gasteiger partial charge in [-0.3, -0.25) is 4.79 Å². The van der Waals surface area contributed by atoms with Crippen molar-refractivity contribution in [2.75, 3.05) is 6.61 Å². The number of aliphatic carboxylic acids is 1. The Hall–Kier alpha value is -1.67. The van der Waals surface area contributed by atoms with Crippen molar-refractivity contribution < 1.29 is 48.6 Å². The van der Waals surface area contributed by atoms with Crippen LogP contribution >= 0.6 is 11.3 Å². The summed E-state index contributed by atoms with van der Waals surface area (Å²) in [6, 6.07) is 4.50. The van der Waals surface area contributed by atoms with Crippen LogP contribution in [0.25, 0.3) is 22.2 Å². The van der Waals surface area contributed by atoms with Crippen LogP contribution in [0.3, 0.4) is 0 Å². The molecule has 0 radical (unpaired) electrons. The fourth-order valence-electron chi connectivity index (χ4n) is 1.86. The van der Waals surface area contributed by atoms with E-state index in [1.165, 1.54) is 35.8 Å². The van der Waals surface area contributed by atoms with Crippen LogP contribution in [-0.2, 0) is 4.79 Å². The molecule has 22 heavy (non-hydrogen) atoms. The molecule has 1 aromatic carbocycles. The first kappa shape index (κ1) is 16.7. The van der Waals surface area contributed by atoms with Crippen LogP contribution in [0.4, 0.5) is 0 Å². The molecule has 0 aliphatic carbocycles. The van der Waals surface area contributed by atoms with Gasteiger partial charge in [0.25, 0.3) is 0 Å². The van der Waals surface area contributed by atoms with Crippen molar-refractivity contribution in [1.29, 1.82) is 0 Å². The van der Waals surface area contributed by atoms with Gasteiger partial charge in [0.2, 0.25) is 5.43 Å². The van der Waals surface area contributed by atoms with Gasteiger partial charge in [0.15, 0.2) is 0 Å². The van der Waals surface area contributed by atoms with Crippen LogP contribution in [0.2, 0.25) is 0 Å². The second-order valence-electron chi connectivity index (χ2n) is 4.17. The number of ether oxygens (including phenoxy) is 1. The van der Waals surface area contributed by atoms with E-state index < -0.39 is 12.6 Å². The first-order valence-corrected chi connectivity index (χ1v) is 6.86. The summed E-state index contributed by atoms with van der Waals surface area (Å²) in [6.07, 6.45) is 1.34. The quantitative estimate of drug-likeness (QED) is 0.518. The third-order valence-corrected chi connectivity index (χ3v) is 3.40. The predicted molar refractivity (Wildman–Crippen MR) is 74.1 cm³/mol. The summed E-state index contributed by atoms with van der Waals surface area (Å²) in [5, 5.41) is 12.5. The van der Waals surface area contributed by atoms with Crippen molar-refractivity contribution in [3.63, 3.8) is 0 Å². The van der Waals surface area contributed by atoms with E-state index in [1.54, 1.807) is 10.9 Å². The Bertz CT molecular complexity index is 859. The Balaban J connectivity index is 0.00000176. The number of rotatable bonds is 4. The van der Waals surface area contributed by atoms with Gasteiger partial charge < -0.3 is 19.1 Å². The molecule has 2 aromatic heterocycles. The van der Waals surface area contributed by atoms with E-state index in [-0.39, 0.29) is 40.7 Å². The molecular weight excluding hydrogens is 317 g/mol. The van der Waals surface area contributed by atoms with E-state index in [2.05, 4.69) is 4.98 Å². The number of thiazole rings is 1. The molecule has 0 atom stereocenters. The first-order chi connectivity index (χ1) is 10.1. The van der Waals surface area contributed by atoms with Crippen molar-refractivity contribution in [3.05, 3.63) is 45.6 Å². The van der Waals surface area contributed by atoms with Gasteiger partial charge in [0.05, 0.1) is 28.1 Å². The van der Waals surface area contributed by atoms with Gasteiger partial charge in [-0.15, -0.1) is 11.3 Å². The number of carbonyl (C=O) groups excluding carboxylic acids is 1. The topological polar surface area (TPSA) is 92.5 Å². The van der Waals surface area contributed by atoms with Gasteiger partial charge in [-0.2, -0.15) is 0 Å². The van der Waals surface area contributed by atoms with Crippen molar-refractivity contribution in [3.8, 4) is 17.0 Å². The van der Waals surface area contributed by atoms with Crippen molar-refractivity contribution in [1.82, 2.24) is 4.98 Å². The fraction of sp³-hybridized carbons (Fsp3) is 0.0714. The Morgan fingerprint density at radius 3 is 2.91 bits per heavy atom. The average Bonchev–Trinajstić information content (AvgIpc) is 2.99. The predicted octanol–water partition coefficient (Wildman–Crippen LogP) is -1.95. The van der Waals surface area contributed by atoms with Crippen molar-refractivity contribution >= 4 is 28.3 Å². The molecule has 0 spiro atoms. The van der Waals surface area contributed by atoms with Crippen LogP contribution in [0.5, 0.6) is 5.75 Å². The zero-order valence-electron chi connectivity index (χ0n) is 11.6. The molecule has 0 saturated heterocycles. The Kier molecular flexibility index (Phi) is 5.36. The Morgan fingerprint density at radius 2 is 2.23 bits per heavy atom. The smallest absolute Gasteiger partial charge is 0.546 e. The minimum atomic E-state index is -1.32. The number of benzene rings is 1. The number of aromatic nitrogens is 1. The van der Waals surface area contributed by atoms with Gasteiger partial charge in [-0.25, -0.2) is 4.98 Å². The van der Waals surface area contributed by atoms with Crippen molar-refractivity contribution in [2.24, 2.45) is 0 Å². The monoisotopic (exact) mass is 325 g/mol. The zero-order valence-corrected chi connectivity index (χ0v) is 14.4. The largest absolute Gasteiger partial charge is 1.00 e. The average molecular weight is 325 g/mol. The molecule has 0 aliphatic heterocycles. The number of nitrogens with zero attached hydrogens (tertiary/aromatic N) is 1. The maximum atomic E-state index is 12.4. The van der Waals surface area contributed by atoms with Gasteiger partial charge in [0.1, 0.15) is 24.2 Å². The van der Waals surface area contributed by atoms with Crippen molar-refractivity contribution in [2.45, 2.75) is 0 Å². The van der Waals surface area contributed by atoms with Crippen LogP contribution in [0.1, 0.15) is 0 Å². The number of hydrogen-bond donors (Lipinski definition) is 0. The number of fused-ring (bicyclic) bond motifs is 1. The summed E-state index contributed by atoms with van der Waals surface area (Å²) < 4.78 is 10.4. The second-order valence-corrected chi connectivity index (χ2v) is 4.89. The van der Waals surface area contributed by atoms with Crippen LogP contribution in [0, 0.1) is 0 Å². The molecule has 106 valence electrons. The van der Waals surface area contributed by atoms with E-state index in [1.807, 2.05) is 0 Å². The summed E-state index contributed by atoms with van der Waals surface area (Å²) in [4.78, 5) is 26.8. The van der Waals surface area contributed by atoms with E-state index in [0.717, 1.165) is 0 Å². The first-order valence-electron chi connectivity index (χ1n) is 5.92. The van der Waals surface area contributed by atoms with Gasteiger partial charge in [-0.05, 0) is 12.1 Å². The summed E-state index contributed by atoms with van der Waals surface area (Å²) in [7, 11) is 0. The molecule has 0 saturated carbocycles. The minimum Gasteiger partial charge on any atom is -0.546 e. The molecule has 0 unspecified atom stereocenters. The van der Waals surface area contributed by atoms with Crippen LogP contribution in [0.15, 0.2) is 44.6 Å². The Labute approximate surface area is 150 Å². The fourth-order valence-corrected chi connectivity index (χ4v) is 2.42. The summed E-state index contributed by atoms with van der Waals surface area (Å²) in [5.41, 5.74) is 2.69. The maximum absolute atomic E-state index is 12.4. The number of hydrogen-bond acceptors (Lipinski definition) is 7. The normalized spacial score (nSPS) is 10.2. The molecule has 2 heterocycles. The van der Waals surface area contributed by atoms with Gasteiger partial charge in [-0.1, -0.05) is 0 Å². The third-order valence-electron chi connectivity index (χ3n) is 2.81. The van der Waals surface area contributed by atoms with Crippen LogP contribution in [-0.4, -0.2) is 17.6 Å². The molecule has 3 rings (SSSR count). The Morgan fingerprint density at radius 1 is 1.41 bits per heavy atom. The van der Waals surface area contributed by atoms with E-state index in [9.17, 15) is 14.7 Å². The number of carboxylic acid groups (broad SMARTS) is 1. The molecule has 0 amide bonds. The van der Waals surface area contributed by atoms with Crippen LogP contribution < -0.4 is 44.8 Å². The summed E-state index contributed by atoms with van der Waals surface area (Å²) in [5.74, 6) is -1.04. The minimum absolute atomic E-state index is 0. The SMILES string of the molecule is O=C([O-])COc1ccc2c(=O)c(-c3cscn3)coc2c1.[Na+]. The number of carbonyl (C=O) groups is 1. The third kappa shape index (κ3) is 3.38. The molecule has 3 aromatic rings. The number of carboxylic acids is 1. The van der Waals surface area contributed by atoms with Gasteiger partial charge >= 0.3 is 29.6 Å². The summed E-state index contributed by atoms with van der Waals surface area (Å²) >= 11 is 1.39. The summed E-state index contributed by atoms with van der Waals surface area (Å²) in [6.45, 7) is -0.563. The maximum Gasteiger partial charge on any atom is 1.00 e. The molecule has 0 aliphatic rings. The standard InChI is InChI=1S/C14H9NO5S.Na/c16-13(17)5-19-8-1-2-9-12(3-8)20-4-10(14(9)18)11-6-21-7-15-11;/h1-4,6-7H,5H2,(H,16,17);/q;+1/p-1. The van der Waals surface area contributed by atoms with Gasteiger partial charge in [0, 0.05) is 11.4 Å². The molecule has 0 N–H and O–H groups in total. The molecular formula is C14H8NNaO5S. The van der Waals surface area contributed by atoms with E-state index >= 15 is 0 Å². The second kappa shape index (κ2) is 7.06. The molecule has 6 nitrogen and oxygen atoms in total. The van der Waals surface area contributed by atoms with E-state index in [0.29, 0.717) is 22.2 Å². The zero-order chi connectivity index (χ0) is 14.8. The molecule has 0 fully saturated rings.